The lowest BCUT2D eigenvalue weighted by atomic mass is 10.3. The van der Waals surface area contributed by atoms with Crippen LogP contribution in [0.1, 0.15) is 6.92 Å². The van der Waals surface area contributed by atoms with Crippen LogP contribution in [-0.4, -0.2) is 25.9 Å². The number of fused-ring (bicyclic) bond motifs is 1. The standard InChI is InChI=1S/C14H12Cl2N4O2S/c1-2-20(9-3-5-17-6-4-9)14-18-12-7-10(15)11(16)8-13(12)23(21,22)19-14/h3-8H,2H2,1H3,(H,18,19). The molecule has 0 saturated heterocycles. The fraction of sp³-hybridized carbons (Fsp3) is 0.143. The lowest BCUT2D eigenvalue weighted by molar-refractivity contribution is 0.597. The van der Waals surface area contributed by atoms with E-state index in [0.29, 0.717) is 12.2 Å². The molecule has 0 unspecified atom stereocenters. The molecule has 1 aromatic heterocycles. The highest BCUT2D eigenvalue weighted by molar-refractivity contribution is 7.90. The highest BCUT2D eigenvalue weighted by Gasteiger charge is 2.28. The van der Waals surface area contributed by atoms with Gasteiger partial charge in [0, 0.05) is 24.6 Å². The van der Waals surface area contributed by atoms with Crippen molar-refractivity contribution in [1.29, 1.82) is 0 Å². The predicted octanol–water partition coefficient (Wildman–Crippen LogP) is 3.39. The van der Waals surface area contributed by atoms with Crippen LogP contribution >= 0.6 is 23.2 Å². The molecule has 3 rings (SSSR count). The van der Waals surface area contributed by atoms with Crippen LogP contribution in [-0.2, 0) is 10.0 Å². The molecule has 1 aliphatic heterocycles. The van der Waals surface area contributed by atoms with Crippen LogP contribution in [0.4, 0.5) is 11.4 Å². The first-order valence-electron chi connectivity index (χ1n) is 6.71. The second-order valence-electron chi connectivity index (χ2n) is 4.73. The Morgan fingerprint density at radius 3 is 2.48 bits per heavy atom. The molecule has 1 aliphatic rings. The third kappa shape index (κ3) is 2.99. The van der Waals surface area contributed by atoms with Gasteiger partial charge in [0.1, 0.15) is 4.90 Å². The van der Waals surface area contributed by atoms with Crippen molar-refractivity contribution in [1.82, 2.24) is 4.98 Å². The Morgan fingerprint density at radius 1 is 1.17 bits per heavy atom. The molecule has 0 spiro atoms. The van der Waals surface area contributed by atoms with E-state index in [4.69, 9.17) is 23.2 Å². The fourth-order valence-electron chi connectivity index (χ4n) is 2.24. The normalized spacial score (nSPS) is 15.3. The van der Waals surface area contributed by atoms with Crippen molar-refractivity contribution < 1.29 is 8.42 Å². The van der Waals surface area contributed by atoms with Gasteiger partial charge < -0.3 is 10.2 Å². The van der Waals surface area contributed by atoms with E-state index >= 15 is 0 Å². The average Bonchev–Trinajstić information content (AvgIpc) is 2.51. The van der Waals surface area contributed by atoms with Crippen LogP contribution < -0.4 is 10.2 Å². The van der Waals surface area contributed by atoms with Gasteiger partial charge in [-0.15, -0.1) is 4.40 Å². The fourth-order valence-corrected chi connectivity index (χ4v) is 3.76. The number of nitrogens with zero attached hydrogens (tertiary/aromatic N) is 3. The molecule has 1 aromatic carbocycles. The smallest absolute Gasteiger partial charge is 0.287 e. The third-order valence-electron chi connectivity index (χ3n) is 3.30. The number of nitrogens with one attached hydrogen (secondary N) is 1. The summed E-state index contributed by atoms with van der Waals surface area (Å²) in [6.07, 6.45) is 3.25. The van der Waals surface area contributed by atoms with Crippen molar-refractivity contribution in [3.05, 3.63) is 46.7 Å². The van der Waals surface area contributed by atoms with E-state index in [9.17, 15) is 8.42 Å². The Labute approximate surface area is 143 Å². The minimum absolute atomic E-state index is 0.00133. The monoisotopic (exact) mass is 370 g/mol. The summed E-state index contributed by atoms with van der Waals surface area (Å²) in [5.41, 5.74) is 1.12. The van der Waals surface area contributed by atoms with E-state index in [2.05, 4.69) is 14.7 Å². The number of benzene rings is 1. The van der Waals surface area contributed by atoms with Gasteiger partial charge in [0.2, 0.25) is 5.96 Å². The summed E-state index contributed by atoms with van der Waals surface area (Å²) < 4.78 is 28.7. The Bertz CT molecular complexity index is 885. The first-order valence-corrected chi connectivity index (χ1v) is 8.90. The zero-order valence-electron chi connectivity index (χ0n) is 12.0. The van der Waals surface area contributed by atoms with Crippen molar-refractivity contribution in [3.8, 4) is 0 Å². The molecular weight excluding hydrogens is 359 g/mol. The Balaban J connectivity index is 2.09. The summed E-state index contributed by atoms with van der Waals surface area (Å²) in [5, 5.41) is 3.43. The van der Waals surface area contributed by atoms with Crippen LogP contribution in [0.25, 0.3) is 0 Å². The molecule has 0 aliphatic carbocycles. The van der Waals surface area contributed by atoms with Crippen LogP contribution in [0.5, 0.6) is 0 Å². The van der Waals surface area contributed by atoms with E-state index in [1.165, 1.54) is 12.1 Å². The van der Waals surface area contributed by atoms with Gasteiger partial charge in [-0.05, 0) is 31.2 Å². The summed E-state index contributed by atoms with van der Waals surface area (Å²) in [4.78, 5) is 5.68. The molecule has 23 heavy (non-hydrogen) atoms. The quantitative estimate of drug-likeness (QED) is 0.876. The van der Waals surface area contributed by atoms with Gasteiger partial charge in [0.15, 0.2) is 0 Å². The first kappa shape index (κ1) is 16.0. The molecule has 0 radical (unpaired) electrons. The predicted molar refractivity (Wildman–Crippen MR) is 92.0 cm³/mol. The van der Waals surface area contributed by atoms with Gasteiger partial charge in [-0.25, -0.2) is 0 Å². The number of guanidine groups is 1. The molecule has 2 heterocycles. The highest BCUT2D eigenvalue weighted by Crippen LogP contribution is 2.35. The Morgan fingerprint density at radius 2 is 1.83 bits per heavy atom. The van der Waals surface area contributed by atoms with Crippen molar-refractivity contribution >= 4 is 50.6 Å². The summed E-state index contributed by atoms with van der Waals surface area (Å²) in [7, 11) is -3.87. The molecular formula is C14H12Cl2N4O2S. The maximum atomic E-state index is 12.4. The van der Waals surface area contributed by atoms with Gasteiger partial charge in [-0.3, -0.25) is 4.98 Å². The van der Waals surface area contributed by atoms with E-state index < -0.39 is 10.0 Å². The molecule has 0 atom stereocenters. The molecule has 120 valence electrons. The number of pyridine rings is 1. The largest absolute Gasteiger partial charge is 0.324 e. The maximum absolute atomic E-state index is 12.4. The number of sulfonamides is 1. The van der Waals surface area contributed by atoms with E-state index in [1.54, 1.807) is 29.4 Å². The SMILES string of the molecule is CCN(C1=NS(=O)(=O)c2cc(Cl)c(Cl)cc2N1)c1ccncc1. The van der Waals surface area contributed by atoms with Gasteiger partial charge in [0.05, 0.1) is 15.7 Å². The molecule has 0 amide bonds. The molecule has 0 saturated carbocycles. The van der Waals surface area contributed by atoms with Crippen molar-refractivity contribution in [3.63, 3.8) is 0 Å². The van der Waals surface area contributed by atoms with Crippen LogP contribution in [0.3, 0.4) is 0 Å². The third-order valence-corrected chi connectivity index (χ3v) is 5.33. The maximum Gasteiger partial charge on any atom is 0.287 e. The molecule has 2 aromatic rings. The molecule has 6 nitrogen and oxygen atoms in total. The van der Waals surface area contributed by atoms with Crippen molar-refractivity contribution in [2.45, 2.75) is 11.8 Å². The van der Waals surface area contributed by atoms with Crippen LogP contribution in [0.2, 0.25) is 10.0 Å². The zero-order chi connectivity index (χ0) is 16.6. The molecule has 0 fully saturated rings. The number of anilines is 2. The van der Waals surface area contributed by atoms with Crippen molar-refractivity contribution in [2.24, 2.45) is 4.40 Å². The Kier molecular flexibility index (Phi) is 4.18. The molecule has 9 heteroatoms. The summed E-state index contributed by atoms with van der Waals surface area (Å²) in [6.45, 7) is 2.41. The minimum atomic E-state index is -3.87. The minimum Gasteiger partial charge on any atom is -0.324 e. The Hall–Kier alpha value is -1.83. The van der Waals surface area contributed by atoms with Gasteiger partial charge >= 0.3 is 0 Å². The van der Waals surface area contributed by atoms with E-state index in [0.717, 1.165) is 5.69 Å². The molecule has 0 bridgehead atoms. The number of rotatable bonds is 2. The summed E-state index contributed by atoms with van der Waals surface area (Å²) >= 11 is 11.9. The zero-order valence-corrected chi connectivity index (χ0v) is 14.3. The van der Waals surface area contributed by atoms with Gasteiger partial charge in [-0.2, -0.15) is 8.42 Å². The van der Waals surface area contributed by atoms with Crippen LogP contribution in [0, 0.1) is 0 Å². The highest BCUT2D eigenvalue weighted by atomic mass is 35.5. The number of halogens is 2. The number of aromatic nitrogens is 1. The number of hydrogen-bond donors (Lipinski definition) is 1. The molecule has 1 N–H and O–H groups in total. The topological polar surface area (TPSA) is 74.7 Å². The van der Waals surface area contributed by atoms with E-state index in [1.807, 2.05) is 6.92 Å². The second kappa shape index (κ2) is 5.99. The van der Waals surface area contributed by atoms with Gasteiger partial charge in [-0.1, -0.05) is 23.2 Å². The van der Waals surface area contributed by atoms with Gasteiger partial charge in [0.25, 0.3) is 10.0 Å². The lowest BCUT2D eigenvalue weighted by Crippen LogP contribution is -2.39. The lowest BCUT2D eigenvalue weighted by Gasteiger charge is -2.28. The summed E-state index contributed by atoms with van der Waals surface area (Å²) in [6, 6.07) is 6.31. The van der Waals surface area contributed by atoms with Crippen LogP contribution in [0.15, 0.2) is 46.0 Å². The number of hydrogen-bond acceptors (Lipinski definition) is 5. The first-order chi connectivity index (χ1) is 10.9. The average molecular weight is 371 g/mol. The second-order valence-corrected chi connectivity index (χ2v) is 7.11. The van der Waals surface area contributed by atoms with E-state index in [-0.39, 0.29) is 20.9 Å². The summed E-state index contributed by atoms with van der Waals surface area (Å²) in [5.74, 6) is 0.199. The van der Waals surface area contributed by atoms with Crippen molar-refractivity contribution in [2.75, 3.05) is 16.8 Å².